The maximum atomic E-state index is 13.1. The van der Waals surface area contributed by atoms with Crippen LogP contribution in [-0.2, 0) is 0 Å². The molecule has 4 rings (SSSR count). The molecule has 0 radical (unpaired) electrons. The molecule has 0 bridgehead atoms. The summed E-state index contributed by atoms with van der Waals surface area (Å²) >= 11 is 0. The summed E-state index contributed by atoms with van der Waals surface area (Å²) in [5.74, 6) is -0.327. The molecule has 0 fully saturated rings. The van der Waals surface area contributed by atoms with Crippen molar-refractivity contribution in [2.24, 2.45) is 0 Å². The largest absolute Gasteiger partial charge is 0.291 e. The fourth-order valence-corrected chi connectivity index (χ4v) is 2.86. The number of aromatic nitrogens is 4. The predicted octanol–water partition coefficient (Wildman–Crippen LogP) is 3.33. The van der Waals surface area contributed by atoms with E-state index in [1.54, 1.807) is 16.7 Å². The average Bonchev–Trinajstić information content (AvgIpc) is 3.08. The van der Waals surface area contributed by atoms with Crippen molar-refractivity contribution in [2.75, 3.05) is 0 Å². The topological polar surface area (TPSA) is 52.7 Å². The van der Waals surface area contributed by atoms with Gasteiger partial charge in [-0.15, -0.1) is 0 Å². The highest BCUT2D eigenvalue weighted by Crippen LogP contribution is 2.18. The lowest BCUT2D eigenvalue weighted by Gasteiger charge is -2.15. The predicted molar refractivity (Wildman–Crippen MR) is 93.3 cm³/mol. The molecule has 0 saturated heterocycles. The lowest BCUT2D eigenvalue weighted by Crippen LogP contribution is -2.24. The number of hydrogen-bond acceptors (Lipinski definition) is 3. The summed E-state index contributed by atoms with van der Waals surface area (Å²) in [6.45, 7) is 1.95. The van der Waals surface area contributed by atoms with Crippen LogP contribution in [-0.4, -0.2) is 19.3 Å². The van der Waals surface area contributed by atoms with Crippen molar-refractivity contribution in [3.63, 3.8) is 0 Å². The van der Waals surface area contributed by atoms with Crippen molar-refractivity contribution in [1.82, 2.24) is 19.3 Å². The minimum Gasteiger partial charge on any atom is -0.291 e. The summed E-state index contributed by atoms with van der Waals surface area (Å²) in [6, 6.07) is 15.5. The molecule has 0 aliphatic carbocycles. The first kappa shape index (κ1) is 15.3. The summed E-state index contributed by atoms with van der Waals surface area (Å²) in [6.07, 6.45) is 3.03. The van der Waals surface area contributed by atoms with Gasteiger partial charge < -0.3 is 0 Å². The average molecular weight is 334 g/mol. The van der Waals surface area contributed by atoms with Crippen LogP contribution in [0.3, 0.4) is 0 Å². The van der Waals surface area contributed by atoms with Crippen molar-refractivity contribution >= 4 is 11.0 Å². The van der Waals surface area contributed by atoms with E-state index in [2.05, 4.69) is 10.1 Å². The molecule has 2 heterocycles. The summed E-state index contributed by atoms with van der Waals surface area (Å²) in [5.41, 5.74) is 1.97. The van der Waals surface area contributed by atoms with Crippen LogP contribution in [0.25, 0.3) is 16.7 Å². The van der Waals surface area contributed by atoms with Crippen LogP contribution in [0.2, 0.25) is 0 Å². The molecule has 0 spiro atoms. The molecular weight excluding hydrogens is 319 g/mol. The van der Waals surface area contributed by atoms with Gasteiger partial charge in [-0.25, -0.2) is 14.1 Å². The second-order valence-electron chi connectivity index (χ2n) is 5.81. The molecule has 4 aromatic rings. The first-order valence-corrected chi connectivity index (χ1v) is 7.91. The Labute approximate surface area is 143 Å². The molecule has 2 aromatic carbocycles. The Morgan fingerprint density at radius 1 is 1.04 bits per heavy atom. The zero-order valence-corrected chi connectivity index (χ0v) is 13.5. The van der Waals surface area contributed by atoms with Crippen molar-refractivity contribution < 1.29 is 4.39 Å². The Bertz CT molecular complexity index is 1080. The maximum absolute atomic E-state index is 13.1. The van der Waals surface area contributed by atoms with Crippen LogP contribution < -0.4 is 5.56 Å². The zero-order valence-electron chi connectivity index (χ0n) is 13.5. The Hall–Kier alpha value is -3.28. The lowest BCUT2D eigenvalue weighted by molar-refractivity contribution is 0.608. The third kappa shape index (κ3) is 2.61. The summed E-state index contributed by atoms with van der Waals surface area (Å²) in [4.78, 5) is 17.3. The highest BCUT2D eigenvalue weighted by molar-refractivity contribution is 5.75. The van der Waals surface area contributed by atoms with Crippen LogP contribution in [0.4, 0.5) is 4.39 Å². The smallest absolute Gasteiger partial charge is 0.265 e. The first-order valence-electron chi connectivity index (χ1n) is 7.91. The van der Waals surface area contributed by atoms with Crippen LogP contribution in [0.1, 0.15) is 18.5 Å². The van der Waals surface area contributed by atoms with Gasteiger partial charge in [0, 0.05) is 0 Å². The van der Waals surface area contributed by atoms with Gasteiger partial charge in [0.2, 0.25) is 0 Å². The van der Waals surface area contributed by atoms with E-state index in [1.165, 1.54) is 29.3 Å². The number of halogens is 1. The molecule has 0 unspecified atom stereocenters. The van der Waals surface area contributed by atoms with Crippen LogP contribution >= 0.6 is 0 Å². The molecule has 25 heavy (non-hydrogen) atoms. The van der Waals surface area contributed by atoms with Gasteiger partial charge in [-0.05, 0) is 36.8 Å². The van der Waals surface area contributed by atoms with E-state index in [1.807, 2.05) is 37.3 Å². The Morgan fingerprint density at radius 2 is 1.76 bits per heavy atom. The molecule has 0 aliphatic rings. The molecule has 6 heteroatoms. The molecular formula is C19H15FN4O. The van der Waals surface area contributed by atoms with Gasteiger partial charge in [-0.1, -0.05) is 30.3 Å². The van der Waals surface area contributed by atoms with Crippen molar-refractivity contribution in [3.8, 4) is 5.69 Å². The van der Waals surface area contributed by atoms with E-state index < -0.39 is 0 Å². The van der Waals surface area contributed by atoms with E-state index in [0.29, 0.717) is 16.7 Å². The highest BCUT2D eigenvalue weighted by Gasteiger charge is 2.15. The fraction of sp³-hybridized carbons (Fsp3) is 0.105. The van der Waals surface area contributed by atoms with Gasteiger partial charge in [0.25, 0.3) is 5.56 Å². The molecule has 124 valence electrons. The second kappa shape index (κ2) is 5.98. The van der Waals surface area contributed by atoms with Gasteiger partial charge in [-0.2, -0.15) is 5.10 Å². The van der Waals surface area contributed by atoms with E-state index in [4.69, 9.17) is 0 Å². The van der Waals surface area contributed by atoms with Crippen LogP contribution in [0, 0.1) is 5.82 Å². The fourth-order valence-electron chi connectivity index (χ4n) is 2.86. The summed E-state index contributed by atoms with van der Waals surface area (Å²) in [5, 5.41) is 4.67. The lowest BCUT2D eigenvalue weighted by atomic mass is 10.1. The van der Waals surface area contributed by atoms with E-state index in [9.17, 15) is 9.18 Å². The third-order valence-electron chi connectivity index (χ3n) is 4.28. The molecule has 0 amide bonds. The summed E-state index contributed by atoms with van der Waals surface area (Å²) in [7, 11) is 0. The van der Waals surface area contributed by atoms with Gasteiger partial charge in [-0.3, -0.25) is 9.36 Å². The van der Waals surface area contributed by atoms with Crippen LogP contribution in [0.15, 0.2) is 71.9 Å². The number of fused-ring (bicyclic) bond motifs is 1. The van der Waals surface area contributed by atoms with E-state index in [0.717, 1.165) is 5.56 Å². The van der Waals surface area contributed by atoms with E-state index >= 15 is 0 Å². The molecule has 0 saturated carbocycles. The maximum Gasteiger partial charge on any atom is 0.265 e. The van der Waals surface area contributed by atoms with E-state index in [-0.39, 0.29) is 17.4 Å². The van der Waals surface area contributed by atoms with Crippen LogP contribution in [0.5, 0.6) is 0 Å². The summed E-state index contributed by atoms with van der Waals surface area (Å²) < 4.78 is 16.2. The Morgan fingerprint density at radius 3 is 2.48 bits per heavy atom. The standard InChI is InChI=1S/C19H15FN4O/c1-13(14-5-3-2-4-6-14)23-12-21-18-17(19(23)25)11-22-24(18)16-9-7-15(20)8-10-16/h2-13H,1H3/t13-/m1/s1. The normalized spacial score (nSPS) is 12.4. The van der Waals surface area contributed by atoms with Crippen molar-refractivity contribution in [2.45, 2.75) is 13.0 Å². The minimum atomic E-state index is -0.327. The van der Waals surface area contributed by atoms with Gasteiger partial charge in [0.05, 0.1) is 17.9 Å². The van der Waals surface area contributed by atoms with Gasteiger partial charge in [0.15, 0.2) is 5.65 Å². The molecule has 2 aromatic heterocycles. The first-order chi connectivity index (χ1) is 12.1. The number of hydrogen-bond donors (Lipinski definition) is 0. The number of nitrogens with zero attached hydrogens (tertiary/aromatic N) is 4. The van der Waals surface area contributed by atoms with Crippen molar-refractivity contribution in [3.05, 3.63) is 88.9 Å². The molecule has 0 N–H and O–H groups in total. The zero-order chi connectivity index (χ0) is 17.4. The van der Waals surface area contributed by atoms with Crippen molar-refractivity contribution in [1.29, 1.82) is 0 Å². The monoisotopic (exact) mass is 334 g/mol. The van der Waals surface area contributed by atoms with Gasteiger partial charge in [0.1, 0.15) is 17.5 Å². The molecule has 5 nitrogen and oxygen atoms in total. The Kier molecular flexibility index (Phi) is 3.65. The Balaban J connectivity index is 1.82. The SMILES string of the molecule is C[C@H](c1ccccc1)n1cnc2c(cnn2-c2ccc(F)cc2)c1=O. The second-order valence-corrected chi connectivity index (χ2v) is 5.81. The number of benzene rings is 2. The molecule has 0 aliphatic heterocycles. The minimum absolute atomic E-state index is 0.139. The highest BCUT2D eigenvalue weighted by atomic mass is 19.1. The number of rotatable bonds is 3. The molecule has 1 atom stereocenters. The third-order valence-corrected chi connectivity index (χ3v) is 4.28. The van der Waals surface area contributed by atoms with Gasteiger partial charge >= 0.3 is 0 Å². The quantitative estimate of drug-likeness (QED) is 0.577.